The van der Waals surface area contributed by atoms with Crippen molar-refractivity contribution < 1.29 is 14.3 Å². The topological polar surface area (TPSA) is 75.9 Å². The molecule has 0 bridgehead atoms. The van der Waals surface area contributed by atoms with Gasteiger partial charge in [-0.05, 0) is 54.8 Å². The van der Waals surface area contributed by atoms with Crippen molar-refractivity contribution in [3.05, 3.63) is 64.7 Å². The lowest BCUT2D eigenvalue weighted by atomic mass is 10.0. The van der Waals surface area contributed by atoms with E-state index in [2.05, 4.69) is 0 Å². The molecule has 6 heteroatoms. The fourth-order valence-corrected chi connectivity index (χ4v) is 4.05. The lowest BCUT2D eigenvalue weighted by Gasteiger charge is -2.22. The normalized spacial score (nSPS) is 18.3. The molecule has 0 aromatic heterocycles. The van der Waals surface area contributed by atoms with Crippen LogP contribution in [0.25, 0.3) is 5.57 Å². The van der Waals surface area contributed by atoms with E-state index in [0.29, 0.717) is 36.5 Å². The van der Waals surface area contributed by atoms with Crippen LogP contribution in [0.4, 0.5) is 5.69 Å². The zero-order chi connectivity index (χ0) is 20.7. The molecule has 0 radical (unpaired) electrons. The monoisotopic (exact) mass is 391 g/mol. The van der Waals surface area contributed by atoms with Gasteiger partial charge in [-0.2, -0.15) is 0 Å². The molecule has 0 fully saturated rings. The SMILES string of the molecule is COc1cc2c(cc1CCN)N(C)C(=O)[C@H]1C=C(c3ccc(C)cc3)CN1C2=O. The maximum Gasteiger partial charge on any atom is 0.257 e. The Labute approximate surface area is 170 Å². The number of aryl methyl sites for hydroxylation is 1. The number of nitrogens with two attached hydrogens (primary N) is 1. The van der Waals surface area contributed by atoms with Crippen LogP contribution in [0.2, 0.25) is 0 Å². The van der Waals surface area contributed by atoms with Gasteiger partial charge in [0.15, 0.2) is 0 Å². The van der Waals surface area contributed by atoms with Crippen molar-refractivity contribution >= 4 is 23.1 Å². The number of rotatable bonds is 4. The number of hydrogen-bond acceptors (Lipinski definition) is 4. The summed E-state index contributed by atoms with van der Waals surface area (Å²) in [6, 6.07) is 11.1. The van der Waals surface area contributed by atoms with E-state index in [-0.39, 0.29) is 11.8 Å². The molecule has 2 N–H and O–H groups in total. The van der Waals surface area contributed by atoms with E-state index >= 15 is 0 Å². The maximum atomic E-state index is 13.4. The molecule has 1 atom stereocenters. The van der Waals surface area contributed by atoms with Crippen LogP contribution < -0.4 is 15.4 Å². The number of nitrogens with zero attached hydrogens (tertiary/aromatic N) is 2. The minimum Gasteiger partial charge on any atom is -0.496 e. The Morgan fingerprint density at radius 1 is 1.17 bits per heavy atom. The minimum atomic E-state index is -0.611. The lowest BCUT2D eigenvalue weighted by molar-refractivity contribution is -0.120. The average molecular weight is 391 g/mol. The maximum absolute atomic E-state index is 13.4. The van der Waals surface area contributed by atoms with Crippen molar-refractivity contribution in [2.45, 2.75) is 19.4 Å². The van der Waals surface area contributed by atoms with E-state index in [9.17, 15) is 9.59 Å². The van der Waals surface area contributed by atoms with Gasteiger partial charge in [-0.25, -0.2) is 0 Å². The largest absolute Gasteiger partial charge is 0.496 e. The molecule has 2 aromatic rings. The molecule has 0 saturated carbocycles. The first-order valence-electron chi connectivity index (χ1n) is 9.72. The molecule has 150 valence electrons. The van der Waals surface area contributed by atoms with Gasteiger partial charge in [0, 0.05) is 13.6 Å². The summed E-state index contributed by atoms with van der Waals surface area (Å²) in [6.45, 7) is 2.89. The highest BCUT2D eigenvalue weighted by Gasteiger charge is 2.41. The molecule has 0 saturated heterocycles. The first-order valence-corrected chi connectivity index (χ1v) is 9.72. The Balaban J connectivity index is 1.77. The number of carbonyl (C=O) groups excluding carboxylic acids is 2. The summed E-state index contributed by atoms with van der Waals surface area (Å²) in [4.78, 5) is 29.8. The second-order valence-corrected chi connectivity index (χ2v) is 7.55. The van der Waals surface area contributed by atoms with Gasteiger partial charge in [0.2, 0.25) is 0 Å². The summed E-state index contributed by atoms with van der Waals surface area (Å²) in [6.07, 6.45) is 2.52. The number of anilines is 1. The van der Waals surface area contributed by atoms with Crippen LogP contribution in [-0.2, 0) is 11.2 Å². The van der Waals surface area contributed by atoms with Crippen molar-refractivity contribution in [3.63, 3.8) is 0 Å². The van der Waals surface area contributed by atoms with Crippen LogP contribution in [0.3, 0.4) is 0 Å². The van der Waals surface area contributed by atoms with Gasteiger partial charge in [0.1, 0.15) is 11.8 Å². The highest BCUT2D eigenvalue weighted by atomic mass is 16.5. The smallest absolute Gasteiger partial charge is 0.257 e. The Bertz CT molecular complexity index is 1010. The molecule has 6 nitrogen and oxygen atoms in total. The van der Waals surface area contributed by atoms with Gasteiger partial charge in [-0.1, -0.05) is 29.8 Å². The number of fused-ring (bicyclic) bond motifs is 2. The third-order valence-electron chi connectivity index (χ3n) is 5.71. The van der Waals surface area contributed by atoms with E-state index < -0.39 is 6.04 Å². The van der Waals surface area contributed by atoms with Crippen LogP contribution in [-0.4, -0.2) is 50.0 Å². The summed E-state index contributed by atoms with van der Waals surface area (Å²) < 4.78 is 5.49. The second-order valence-electron chi connectivity index (χ2n) is 7.55. The summed E-state index contributed by atoms with van der Waals surface area (Å²) in [5.74, 6) is 0.328. The number of amides is 2. The molecule has 0 unspecified atom stereocenters. The van der Waals surface area contributed by atoms with Gasteiger partial charge in [-0.15, -0.1) is 0 Å². The van der Waals surface area contributed by atoms with Gasteiger partial charge in [-0.3, -0.25) is 9.59 Å². The van der Waals surface area contributed by atoms with Gasteiger partial charge >= 0.3 is 0 Å². The van der Waals surface area contributed by atoms with Gasteiger partial charge in [0.05, 0.1) is 18.4 Å². The molecule has 29 heavy (non-hydrogen) atoms. The average Bonchev–Trinajstić information content (AvgIpc) is 3.15. The van der Waals surface area contributed by atoms with Crippen molar-refractivity contribution in [2.24, 2.45) is 5.73 Å². The number of methoxy groups -OCH3 is 1. The van der Waals surface area contributed by atoms with Crippen LogP contribution in [0.1, 0.15) is 27.0 Å². The number of hydrogen-bond donors (Lipinski definition) is 1. The molecule has 2 aliphatic rings. The fraction of sp³-hybridized carbons (Fsp3) is 0.304. The fourth-order valence-electron chi connectivity index (χ4n) is 4.05. The zero-order valence-electron chi connectivity index (χ0n) is 16.9. The predicted molar refractivity (Wildman–Crippen MR) is 113 cm³/mol. The summed E-state index contributed by atoms with van der Waals surface area (Å²) in [5, 5.41) is 0. The zero-order valence-corrected chi connectivity index (χ0v) is 16.9. The van der Waals surface area contributed by atoms with Crippen molar-refractivity contribution in [2.75, 3.05) is 32.1 Å². The number of ether oxygens (including phenoxy) is 1. The van der Waals surface area contributed by atoms with Crippen LogP contribution in [0.5, 0.6) is 5.75 Å². The summed E-state index contributed by atoms with van der Waals surface area (Å²) in [7, 11) is 3.29. The molecular formula is C23H25N3O3. The molecule has 2 aromatic carbocycles. The van der Waals surface area contributed by atoms with Crippen molar-refractivity contribution in [1.82, 2.24) is 4.90 Å². The van der Waals surface area contributed by atoms with Crippen molar-refractivity contribution in [3.8, 4) is 5.75 Å². The Hall–Kier alpha value is -3.12. The van der Waals surface area contributed by atoms with Crippen molar-refractivity contribution in [1.29, 1.82) is 0 Å². The highest BCUT2D eigenvalue weighted by Crippen LogP contribution is 2.37. The highest BCUT2D eigenvalue weighted by molar-refractivity contribution is 6.13. The van der Waals surface area contributed by atoms with E-state index in [4.69, 9.17) is 10.5 Å². The Morgan fingerprint density at radius 3 is 2.55 bits per heavy atom. The predicted octanol–water partition coefficient (Wildman–Crippen LogP) is 2.39. The molecular weight excluding hydrogens is 366 g/mol. The summed E-state index contributed by atoms with van der Waals surface area (Å²) >= 11 is 0. The van der Waals surface area contributed by atoms with Crippen LogP contribution in [0.15, 0.2) is 42.5 Å². The molecule has 4 rings (SSSR count). The Kier molecular flexibility index (Phi) is 4.88. The minimum absolute atomic E-state index is 0.122. The number of benzene rings is 2. The standard InChI is InChI=1S/C23H25N3O3/c1-14-4-6-15(7-5-14)17-11-20-23(28)25(2)19-10-16(8-9-24)21(29-3)12-18(19)22(27)26(20)13-17/h4-7,10-12,20H,8-9,13,24H2,1-3H3/t20-/m1/s1. The number of carbonyl (C=O) groups is 2. The molecule has 0 aliphatic carbocycles. The Morgan fingerprint density at radius 2 is 1.90 bits per heavy atom. The van der Waals surface area contributed by atoms with Crippen LogP contribution in [0, 0.1) is 6.92 Å². The second kappa shape index (κ2) is 7.37. The first kappa shape index (κ1) is 19.2. The molecule has 2 aliphatic heterocycles. The first-order chi connectivity index (χ1) is 13.9. The number of likely N-dealkylation sites (N-methyl/N-ethyl adjacent to an activating group) is 1. The lowest BCUT2D eigenvalue weighted by Crippen LogP contribution is -2.43. The van der Waals surface area contributed by atoms with E-state index in [1.807, 2.05) is 43.3 Å². The molecule has 2 heterocycles. The van der Waals surface area contributed by atoms with Gasteiger partial charge < -0.3 is 20.3 Å². The third kappa shape index (κ3) is 3.19. The summed E-state index contributed by atoms with van der Waals surface area (Å²) in [5.41, 5.74) is 10.9. The van der Waals surface area contributed by atoms with Crippen LogP contribution >= 0.6 is 0 Å². The quantitative estimate of drug-likeness (QED) is 0.868. The van der Waals surface area contributed by atoms with E-state index in [1.165, 1.54) is 5.56 Å². The molecule has 2 amide bonds. The third-order valence-corrected chi connectivity index (χ3v) is 5.71. The van der Waals surface area contributed by atoms with Gasteiger partial charge in [0.25, 0.3) is 11.8 Å². The molecule has 0 spiro atoms. The van der Waals surface area contributed by atoms with E-state index in [1.54, 1.807) is 30.0 Å². The van der Waals surface area contributed by atoms with E-state index in [0.717, 1.165) is 16.7 Å².